The molecule has 15 heavy (non-hydrogen) atoms. The van der Waals surface area contributed by atoms with Gasteiger partial charge >= 0.3 is 0 Å². The number of nitrogens with zero attached hydrogens (tertiary/aromatic N) is 1. The first-order valence-electron chi connectivity index (χ1n) is 5.68. The van der Waals surface area contributed by atoms with Crippen molar-refractivity contribution in [3.8, 4) is 0 Å². The Labute approximate surface area is 91.4 Å². The molecule has 2 unspecified atom stereocenters. The minimum Gasteiger partial charge on any atom is -0.472 e. The molecule has 3 nitrogen and oxygen atoms in total. The summed E-state index contributed by atoms with van der Waals surface area (Å²) in [7, 11) is 2.20. The van der Waals surface area contributed by atoms with Crippen LogP contribution in [0.4, 0.5) is 0 Å². The van der Waals surface area contributed by atoms with Gasteiger partial charge in [-0.05, 0) is 32.0 Å². The zero-order valence-corrected chi connectivity index (χ0v) is 9.57. The van der Waals surface area contributed by atoms with Gasteiger partial charge in [0.25, 0.3) is 0 Å². The predicted octanol–water partition coefficient (Wildman–Crippen LogP) is 1.71. The van der Waals surface area contributed by atoms with Crippen LogP contribution in [0.3, 0.4) is 0 Å². The maximum atomic E-state index is 5.05. The van der Waals surface area contributed by atoms with Crippen molar-refractivity contribution in [2.45, 2.75) is 25.9 Å². The Morgan fingerprint density at radius 1 is 1.60 bits per heavy atom. The van der Waals surface area contributed by atoms with E-state index < -0.39 is 0 Å². The van der Waals surface area contributed by atoms with Gasteiger partial charge in [-0.3, -0.25) is 0 Å². The van der Waals surface area contributed by atoms with E-state index in [1.54, 1.807) is 6.26 Å². The first kappa shape index (κ1) is 10.7. The molecule has 1 fully saturated rings. The molecule has 1 saturated heterocycles. The Morgan fingerprint density at radius 3 is 3.13 bits per heavy atom. The molecule has 2 atom stereocenters. The van der Waals surface area contributed by atoms with E-state index >= 15 is 0 Å². The second-order valence-corrected chi connectivity index (χ2v) is 4.65. The molecule has 0 aromatic carbocycles. The van der Waals surface area contributed by atoms with Crippen molar-refractivity contribution < 1.29 is 4.42 Å². The molecule has 1 aliphatic heterocycles. The van der Waals surface area contributed by atoms with Gasteiger partial charge in [-0.25, -0.2) is 0 Å². The maximum Gasteiger partial charge on any atom is 0.0947 e. The SMILES string of the molecule is CC1CN(C)CCC1NCc1ccoc1. The number of hydrogen-bond acceptors (Lipinski definition) is 3. The lowest BCUT2D eigenvalue weighted by Crippen LogP contribution is -2.46. The highest BCUT2D eigenvalue weighted by atomic mass is 16.3. The van der Waals surface area contributed by atoms with E-state index in [9.17, 15) is 0 Å². The molecule has 0 bridgehead atoms. The van der Waals surface area contributed by atoms with Crippen LogP contribution >= 0.6 is 0 Å². The van der Waals surface area contributed by atoms with Crippen LogP contribution < -0.4 is 5.32 Å². The number of nitrogens with one attached hydrogen (secondary N) is 1. The molecule has 84 valence electrons. The van der Waals surface area contributed by atoms with Gasteiger partial charge in [0.1, 0.15) is 0 Å². The summed E-state index contributed by atoms with van der Waals surface area (Å²) in [5, 5.41) is 3.61. The van der Waals surface area contributed by atoms with Gasteiger partial charge in [0.05, 0.1) is 12.5 Å². The molecule has 2 rings (SSSR count). The van der Waals surface area contributed by atoms with Crippen molar-refractivity contribution in [3.63, 3.8) is 0 Å². The van der Waals surface area contributed by atoms with E-state index in [0.717, 1.165) is 12.5 Å². The van der Waals surface area contributed by atoms with E-state index in [1.165, 1.54) is 25.1 Å². The summed E-state index contributed by atoms with van der Waals surface area (Å²) in [6, 6.07) is 2.67. The Morgan fingerprint density at radius 2 is 2.47 bits per heavy atom. The summed E-state index contributed by atoms with van der Waals surface area (Å²) >= 11 is 0. The average molecular weight is 208 g/mol. The largest absolute Gasteiger partial charge is 0.472 e. The summed E-state index contributed by atoms with van der Waals surface area (Å²) in [6.07, 6.45) is 4.79. The summed E-state index contributed by atoms with van der Waals surface area (Å²) in [5.41, 5.74) is 1.24. The van der Waals surface area contributed by atoms with Crippen molar-refractivity contribution in [3.05, 3.63) is 24.2 Å². The highest BCUT2D eigenvalue weighted by Gasteiger charge is 2.23. The number of hydrogen-bond donors (Lipinski definition) is 1. The molecule has 1 aromatic heterocycles. The molecule has 1 N–H and O–H groups in total. The number of piperidine rings is 1. The normalized spacial score (nSPS) is 28.1. The summed E-state index contributed by atoms with van der Waals surface area (Å²) in [5.74, 6) is 0.732. The minimum atomic E-state index is 0.649. The monoisotopic (exact) mass is 208 g/mol. The van der Waals surface area contributed by atoms with Crippen molar-refractivity contribution in [2.75, 3.05) is 20.1 Å². The molecule has 1 aromatic rings. The Hall–Kier alpha value is -0.800. The van der Waals surface area contributed by atoms with Crippen LogP contribution in [0.15, 0.2) is 23.0 Å². The van der Waals surface area contributed by atoms with Crippen LogP contribution in [-0.4, -0.2) is 31.1 Å². The molecular formula is C12H20N2O. The highest BCUT2D eigenvalue weighted by Crippen LogP contribution is 2.15. The van der Waals surface area contributed by atoms with Crippen LogP contribution in [0, 0.1) is 5.92 Å². The molecule has 2 heterocycles. The lowest BCUT2D eigenvalue weighted by molar-refractivity contribution is 0.174. The van der Waals surface area contributed by atoms with E-state index in [0.29, 0.717) is 6.04 Å². The first-order valence-corrected chi connectivity index (χ1v) is 5.68. The Kier molecular flexibility index (Phi) is 3.44. The third kappa shape index (κ3) is 2.83. The molecule has 3 heteroatoms. The molecule has 1 aliphatic rings. The number of furan rings is 1. The fourth-order valence-electron chi connectivity index (χ4n) is 2.30. The van der Waals surface area contributed by atoms with E-state index in [2.05, 4.69) is 24.2 Å². The molecule has 0 saturated carbocycles. The third-order valence-electron chi connectivity index (χ3n) is 3.26. The van der Waals surface area contributed by atoms with Crippen LogP contribution in [-0.2, 0) is 6.54 Å². The molecule has 0 aliphatic carbocycles. The number of likely N-dealkylation sites (tertiary alicyclic amines) is 1. The van der Waals surface area contributed by atoms with Gasteiger partial charge in [-0.1, -0.05) is 6.92 Å². The van der Waals surface area contributed by atoms with Crippen molar-refractivity contribution >= 4 is 0 Å². The Balaban J connectivity index is 1.79. The van der Waals surface area contributed by atoms with Crippen LogP contribution in [0.5, 0.6) is 0 Å². The third-order valence-corrected chi connectivity index (χ3v) is 3.26. The average Bonchev–Trinajstić information content (AvgIpc) is 2.69. The highest BCUT2D eigenvalue weighted by molar-refractivity contribution is 5.05. The quantitative estimate of drug-likeness (QED) is 0.819. The fourth-order valence-corrected chi connectivity index (χ4v) is 2.30. The molecular weight excluding hydrogens is 188 g/mol. The fraction of sp³-hybridized carbons (Fsp3) is 0.667. The second-order valence-electron chi connectivity index (χ2n) is 4.65. The van der Waals surface area contributed by atoms with E-state index in [1.807, 2.05) is 12.3 Å². The Bertz CT molecular complexity index is 284. The predicted molar refractivity (Wildman–Crippen MR) is 60.6 cm³/mol. The van der Waals surface area contributed by atoms with E-state index in [-0.39, 0.29) is 0 Å². The smallest absolute Gasteiger partial charge is 0.0947 e. The maximum absolute atomic E-state index is 5.05. The van der Waals surface area contributed by atoms with Gasteiger partial charge < -0.3 is 14.6 Å². The molecule has 0 amide bonds. The van der Waals surface area contributed by atoms with Crippen molar-refractivity contribution in [2.24, 2.45) is 5.92 Å². The summed E-state index contributed by atoms with van der Waals surface area (Å²) in [4.78, 5) is 2.40. The topological polar surface area (TPSA) is 28.4 Å². The minimum absolute atomic E-state index is 0.649. The van der Waals surface area contributed by atoms with Crippen molar-refractivity contribution in [1.82, 2.24) is 10.2 Å². The van der Waals surface area contributed by atoms with Crippen LogP contribution in [0.2, 0.25) is 0 Å². The first-order chi connectivity index (χ1) is 7.25. The van der Waals surface area contributed by atoms with Gasteiger partial charge in [0.15, 0.2) is 0 Å². The lowest BCUT2D eigenvalue weighted by atomic mass is 9.94. The lowest BCUT2D eigenvalue weighted by Gasteiger charge is -2.35. The summed E-state index contributed by atoms with van der Waals surface area (Å²) < 4.78 is 5.05. The molecule has 0 radical (unpaired) electrons. The zero-order valence-electron chi connectivity index (χ0n) is 9.57. The second kappa shape index (κ2) is 4.81. The zero-order chi connectivity index (χ0) is 10.7. The van der Waals surface area contributed by atoms with Crippen molar-refractivity contribution in [1.29, 1.82) is 0 Å². The summed E-state index contributed by atoms with van der Waals surface area (Å²) in [6.45, 7) is 5.65. The van der Waals surface area contributed by atoms with E-state index in [4.69, 9.17) is 4.42 Å². The number of rotatable bonds is 3. The standard InChI is InChI=1S/C12H20N2O/c1-10-8-14(2)5-3-12(10)13-7-11-4-6-15-9-11/h4,6,9-10,12-13H,3,5,7-8H2,1-2H3. The van der Waals surface area contributed by atoms with Gasteiger partial charge in [-0.15, -0.1) is 0 Å². The van der Waals surface area contributed by atoms with Gasteiger partial charge in [-0.2, -0.15) is 0 Å². The van der Waals surface area contributed by atoms with Crippen LogP contribution in [0.1, 0.15) is 18.9 Å². The van der Waals surface area contributed by atoms with Gasteiger partial charge in [0.2, 0.25) is 0 Å². The van der Waals surface area contributed by atoms with Gasteiger partial charge in [0, 0.05) is 24.7 Å². The van der Waals surface area contributed by atoms with Crippen LogP contribution in [0.25, 0.3) is 0 Å². The molecule has 0 spiro atoms.